The number of fused-ring (bicyclic) bond motifs is 1. The van der Waals surface area contributed by atoms with E-state index in [1.165, 1.54) is 8.28 Å². The van der Waals surface area contributed by atoms with Gasteiger partial charge in [-0.2, -0.15) is 12.7 Å². The second-order valence-electron chi connectivity index (χ2n) is 9.46. The molecule has 2 unspecified atom stereocenters. The van der Waals surface area contributed by atoms with E-state index in [1.807, 2.05) is 34.6 Å². The molecule has 0 fully saturated rings. The summed E-state index contributed by atoms with van der Waals surface area (Å²) in [6.45, 7) is 15.7. The number of nitrogens with zero attached hydrogens (tertiary/aromatic N) is 3. The van der Waals surface area contributed by atoms with Crippen LogP contribution in [0.5, 0.6) is 0 Å². The van der Waals surface area contributed by atoms with Crippen molar-refractivity contribution in [2.24, 2.45) is 5.92 Å². The van der Waals surface area contributed by atoms with Crippen LogP contribution in [-0.2, 0) is 19.7 Å². The van der Waals surface area contributed by atoms with Gasteiger partial charge < -0.3 is 4.74 Å². The van der Waals surface area contributed by atoms with Crippen molar-refractivity contribution >= 4 is 27.2 Å². The number of ether oxygens (including phenoxy) is 1. The van der Waals surface area contributed by atoms with Crippen LogP contribution in [0.15, 0.2) is 18.2 Å². The molecule has 1 heterocycles. The molecule has 0 saturated heterocycles. The Balaban J connectivity index is 2.30. The highest BCUT2D eigenvalue weighted by Gasteiger charge is 2.32. The summed E-state index contributed by atoms with van der Waals surface area (Å²) in [4.78, 5) is 17.2. The molecule has 0 amide bonds. The van der Waals surface area contributed by atoms with Crippen LogP contribution in [0.25, 0.3) is 11.0 Å². The van der Waals surface area contributed by atoms with E-state index in [0.717, 1.165) is 31.2 Å². The van der Waals surface area contributed by atoms with E-state index in [-0.39, 0.29) is 18.1 Å². The van der Waals surface area contributed by atoms with Gasteiger partial charge >= 0.3 is 16.2 Å². The first-order valence-electron chi connectivity index (χ1n) is 12.1. The van der Waals surface area contributed by atoms with Crippen molar-refractivity contribution in [3.8, 4) is 0 Å². The number of aryl methyl sites for hydroxylation is 1. The predicted octanol–water partition coefficient (Wildman–Crippen LogP) is 5.42. The number of hydrogen-bond acceptors (Lipinski definition) is 5. The predicted molar refractivity (Wildman–Crippen MR) is 134 cm³/mol. The van der Waals surface area contributed by atoms with E-state index in [2.05, 4.69) is 18.8 Å². The maximum atomic E-state index is 13.5. The molecule has 0 aliphatic heterocycles. The summed E-state index contributed by atoms with van der Waals surface area (Å²) in [6, 6.07) is 4.95. The highest BCUT2D eigenvalue weighted by Crippen LogP contribution is 2.27. The molecule has 2 rings (SSSR count). The minimum atomic E-state index is -3.80. The van der Waals surface area contributed by atoms with Crippen molar-refractivity contribution in [3.63, 3.8) is 0 Å². The Morgan fingerprint density at radius 2 is 1.76 bits per heavy atom. The summed E-state index contributed by atoms with van der Waals surface area (Å²) in [5, 5.41) is 0. The topological polar surface area (TPSA) is 81.5 Å². The van der Waals surface area contributed by atoms with Gasteiger partial charge in [-0.1, -0.05) is 39.2 Å². The van der Waals surface area contributed by atoms with Gasteiger partial charge in [-0.05, 0) is 71.6 Å². The smallest absolute Gasteiger partial charge is 0.313 e. The van der Waals surface area contributed by atoms with Crippen LogP contribution in [0.3, 0.4) is 0 Å². The van der Waals surface area contributed by atoms with E-state index in [9.17, 15) is 13.2 Å². The minimum absolute atomic E-state index is 0.190. The standard InChI is InChI=1S/C25H41N3O4S/c1-9-11-12-21(10-2)16-32-25(29)19(7)22-13-14-24-23(15-22)26-20(8)28(24)33(30,31)27(17(3)4)18(5)6/h13-15,17-19,21H,9-12,16H2,1-8H3. The molecule has 0 spiro atoms. The molecular formula is C25H41N3O4S. The van der Waals surface area contributed by atoms with Crippen LogP contribution in [-0.4, -0.2) is 46.3 Å². The van der Waals surface area contributed by atoms with E-state index >= 15 is 0 Å². The van der Waals surface area contributed by atoms with Crippen LogP contribution in [0.2, 0.25) is 0 Å². The molecule has 7 nitrogen and oxygen atoms in total. The van der Waals surface area contributed by atoms with Crippen LogP contribution in [0.1, 0.15) is 91.5 Å². The number of carbonyl (C=O) groups is 1. The molecule has 2 aromatic rings. The number of hydrogen-bond donors (Lipinski definition) is 0. The zero-order chi connectivity index (χ0) is 24.9. The molecule has 0 bridgehead atoms. The lowest BCUT2D eigenvalue weighted by Crippen LogP contribution is -2.45. The highest BCUT2D eigenvalue weighted by molar-refractivity contribution is 7.87. The SMILES string of the molecule is CCCCC(CC)COC(=O)C(C)c1ccc2c(c1)nc(C)n2S(=O)(=O)N(C(C)C)C(C)C. The Morgan fingerprint density at radius 3 is 2.30 bits per heavy atom. The number of esters is 1. The number of imidazole rings is 1. The molecule has 0 radical (unpaired) electrons. The van der Waals surface area contributed by atoms with Crippen molar-refractivity contribution in [1.82, 2.24) is 13.3 Å². The van der Waals surface area contributed by atoms with Gasteiger partial charge in [0.15, 0.2) is 0 Å². The Labute approximate surface area is 199 Å². The first-order valence-corrected chi connectivity index (χ1v) is 13.5. The fourth-order valence-electron chi connectivity index (χ4n) is 4.34. The maximum absolute atomic E-state index is 13.5. The lowest BCUT2D eigenvalue weighted by molar-refractivity contribution is -0.146. The van der Waals surface area contributed by atoms with Gasteiger partial charge in [0.25, 0.3) is 0 Å². The second-order valence-corrected chi connectivity index (χ2v) is 11.1. The third kappa shape index (κ3) is 6.15. The number of carbonyl (C=O) groups excluding carboxylic acids is 1. The normalized spacial score (nSPS) is 14.4. The average Bonchev–Trinajstić information content (AvgIpc) is 3.07. The zero-order valence-corrected chi connectivity index (χ0v) is 22.3. The van der Waals surface area contributed by atoms with E-state index in [1.54, 1.807) is 25.1 Å². The molecule has 2 atom stereocenters. The van der Waals surface area contributed by atoms with Gasteiger partial charge in [-0.15, -0.1) is 0 Å². The maximum Gasteiger partial charge on any atom is 0.313 e. The quantitative estimate of drug-likeness (QED) is 0.380. The van der Waals surface area contributed by atoms with Gasteiger partial charge in [0.05, 0.1) is 23.6 Å². The lowest BCUT2D eigenvalue weighted by Gasteiger charge is -2.30. The Bertz CT molecular complexity index is 1040. The van der Waals surface area contributed by atoms with Crippen molar-refractivity contribution in [2.45, 2.75) is 99.1 Å². The van der Waals surface area contributed by atoms with Crippen molar-refractivity contribution in [3.05, 3.63) is 29.6 Å². The molecule has 186 valence electrons. The largest absolute Gasteiger partial charge is 0.465 e. The van der Waals surface area contributed by atoms with Gasteiger partial charge in [-0.3, -0.25) is 4.79 Å². The monoisotopic (exact) mass is 479 g/mol. The summed E-state index contributed by atoms with van der Waals surface area (Å²) < 4.78 is 35.3. The third-order valence-electron chi connectivity index (χ3n) is 6.17. The molecule has 8 heteroatoms. The molecule has 0 N–H and O–H groups in total. The number of benzene rings is 1. The molecule has 1 aromatic carbocycles. The molecule has 33 heavy (non-hydrogen) atoms. The molecule has 0 aliphatic carbocycles. The molecule has 1 aromatic heterocycles. The average molecular weight is 480 g/mol. The fourth-order valence-corrected chi connectivity index (χ4v) is 6.37. The van der Waals surface area contributed by atoms with E-state index < -0.39 is 16.1 Å². The van der Waals surface area contributed by atoms with Crippen LogP contribution in [0, 0.1) is 12.8 Å². The van der Waals surface area contributed by atoms with Gasteiger partial charge in [-0.25, -0.2) is 8.96 Å². The highest BCUT2D eigenvalue weighted by atomic mass is 32.2. The van der Waals surface area contributed by atoms with Crippen LogP contribution in [0.4, 0.5) is 0 Å². The lowest BCUT2D eigenvalue weighted by atomic mass is 9.99. The number of aromatic nitrogens is 2. The van der Waals surface area contributed by atoms with Gasteiger partial charge in [0, 0.05) is 12.1 Å². The molecular weight excluding hydrogens is 438 g/mol. The van der Waals surface area contributed by atoms with E-state index in [4.69, 9.17) is 4.74 Å². The van der Waals surface area contributed by atoms with Crippen molar-refractivity contribution in [2.75, 3.05) is 6.61 Å². The number of unbranched alkanes of at least 4 members (excludes halogenated alkanes) is 1. The van der Waals surface area contributed by atoms with Crippen LogP contribution >= 0.6 is 0 Å². The fraction of sp³-hybridized carbons (Fsp3) is 0.680. The Kier molecular flexibility index (Phi) is 9.49. The van der Waals surface area contributed by atoms with Gasteiger partial charge in [0.2, 0.25) is 0 Å². The Morgan fingerprint density at radius 1 is 1.12 bits per heavy atom. The summed E-state index contributed by atoms with van der Waals surface area (Å²) >= 11 is 0. The summed E-state index contributed by atoms with van der Waals surface area (Å²) in [7, 11) is -3.80. The zero-order valence-electron chi connectivity index (χ0n) is 21.5. The molecule has 0 saturated carbocycles. The summed E-state index contributed by atoms with van der Waals surface area (Å²) in [6.07, 6.45) is 4.32. The van der Waals surface area contributed by atoms with Crippen molar-refractivity contribution in [1.29, 1.82) is 0 Å². The summed E-state index contributed by atoms with van der Waals surface area (Å²) in [5.41, 5.74) is 1.82. The first kappa shape index (κ1) is 27.3. The van der Waals surface area contributed by atoms with Crippen LogP contribution < -0.4 is 0 Å². The van der Waals surface area contributed by atoms with E-state index in [0.29, 0.717) is 29.4 Å². The molecule has 0 aliphatic rings. The number of rotatable bonds is 12. The minimum Gasteiger partial charge on any atom is -0.465 e. The Hall–Kier alpha value is -1.93. The summed E-state index contributed by atoms with van der Waals surface area (Å²) in [5.74, 6) is 0.0595. The first-order chi connectivity index (χ1) is 15.4. The van der Waals surface area contributed by atoms with Crippen molar-refractivity contribution < 1.29 is 17.9 Å². The third-order valence-corrected chi connectivity index (χ3v) is 8.47. The van der Waals surface area contributed by atoms with Gasteiger partial charge in [0.1, 0.15) is 5.82 Å². The second kappa shape index (κ2) is 11.5.